The Balaban J connectivity index is 2.19. The maximum atomic E-state index is 7.01. The Hall–Kier alpha value is -0.940. The van der Waals surface area contributed by atoms with Crippen molar-refractivity contribution in [3.05, 3.63) is 22.7 Å². The topological polar surface area (TPSA) is 57.5 Å². The maximum absolute atomic E-state index is 7.01. The first-order valence-electron chi connectivity index (χ1n) is 4.31. The summed E-state index contributed by atoms with van der Waals surface area (Å²) in [5, 5.41) is 6.72. The minimum atomic E-state index is 0.352. The molecule has 0 atom stereocenters. The smallest absolute Gasteiger partial charge is 0.108 e. The maximum Gasteiger partial charge on any atom is 0.108 e. The van der Waals surface area contributed by atoms with E-state index in [1.165, 1.54) is 0 Å². The number of ether oxygens (including phenoxy) is 1. The molecule has 0 bridgehead atoms. The minimum absolute atomic E-state index is 0.352. The Morgan fingerprint density at radius 2 is 2.29 bits per heavy atom. The summed E-state index contributed by atoms with van der Waals surface area (Å²) in [6.07, 6.45) is 0. The van der Waals surface area contributed by atoms with Crippen LogP contribution < -0.4 is 5.32 Å². The van der Waals surface area contributed by atoms with Crippen LogP contribution in [-0.4, -0.2) is 19.3 Å². The summed E-state index contributed by atoms with van der Waals surface area (Å²) in [7, 11) is 0. The van der Waals surface area contributed by atoms with Crippen molar-refractivity contribution in [1.82, 2.24) is 0 Å². The molecule has 1 aliphatic rings. The number of halogens is 1. The van der Waals surface area contributed by atoms with Gasteiger partial charge < -0.3 is 10.1 Å². The van der Waals surface area contributed by atoms with Crippen LogP contribution >= 0.6 is 15.9 Å². The van der Waals surface area contributed by atoms with E-state index in [0.717, 1.165) is 23.4 Å². The van der Waals surface area contributed by atoms with E-state index < -0.39 is 0 Å². The van der Waals surface area contributed by atoms with Gasteiger partial charge in [-0.3, -0.25) is 0 Å². The second-order valence-electron chi connectivity index (χ2n) is 3.15. The number of hydrogen-bond donors (Lipinski definition) is 2. The zero-order valence-electron chi connectivity index (χ0n) is 7.46. The van der Waals surface area contributed by atoms with Gasteiger partial charge in [-0.2, -0.15) is 5.11 Å². The molecule has 74 valence electrons. The highest BCUT2D eigenvalue weighted by atomic mass is 79.9. The highest BCUT2D eigenvalue weighted by Gasteiger charge is 2.18. The number of anilines is 1. The molecule has 4 nitrogen and oxygen atoms in total. The fraction of sp³-hybridized carbons (Fsp3) is 0.333. The summed E-state index contributed by atoms with van der Waals surface area (Å²) in [6.45, 7) is 1.45. The molecule has 1 fully saturated rings. The lowest BCUT2D eigenvalue weighted by Crippen LogP contribution is -2.40. The van der Waals surface area contributed by atoms with E-state index >= 15 is 0 Å². The number of rotatable bonds is 3. The van der Waals surface area contributed by atoms with Crippen molar-refractivity contribution >= 4 is 27.3 Å². The van der Waals surface area contributed by atoms with Crippen LogP contribution in [0.2, 0.25) is 0 Å². The van der Waals surface area contributed by atoms with Gasteiger partial charge in [0.1, 0.15) is 5.69 Å². The largest absolute Gasteiger partial charge is 0.377 e. The summed E-state index contributed by atoms with van der Waals surface area (Å²) in [5.41, 5.74) is 8.54. The predicted octanol–water partition coefficient (Wildman–Crippen LogP) is 2.92. The second-order valence-corrected chi connectivity index (χ2v) is 4.07. The average Bonchev–Trinajstić information content (AvgIpc) is 2.12. The molecular formula is C9H10BrN3O. The molecule has 0 unspecified atom stereocenters. The van der Waals surface area contributed by atoms with Crippen LogP contribution in [0, 0.1) is 5.53 Å². The average molecular weight is 256 g/mol. The summed E-state index contributed by atoms with van der Waals surface area (Å²) in [6, 6.07) is 5.95. The van der Waals surface area contributed by atoms with Crippen LogP contribution in [0.5, 0.6) is 0 Å². The van der Waals surface area contributed by atoms with Crippen LogP contribution in [0.4, 0.5) is 11.4 Å². The first-order chi connectivity index (χ1) is 6.79. The van der Waals surface area contributed by atoms with Crippen molar-refractivity contribution in [3.8, 4) is 0 Å². The molecule has 1 aliphatic heterocycles. The van der Waals surface area contributed by atoms with Crippen LogP contribution in [-0.2, 0) is 4.74 Å². The molecule has 0 amide bonds. The number of nitrogens with zero attached hydrogens (tertiary/aromatic N) is 1. The highest BCUT2D eigenvalue weighted by molar-refractivity contribution is 9.10. The van der Waals surface area contributed by atoms with Crippen molar-refractivity contribution in [2.24, 2.45) is 5.11 Å². The number of nitrogens with one attached hydrogen (secondary N) is 2. The molecule has 0 aliphatic carbocycles. The van der Waals surface area contributed by atoms with E-state index in [1.54, 1.807) is 6.07 Å². The normalized spacial score (nSPS) is 16.1. The Labute approximate surface area is 90.3 Å². The van der Waals surface area contributed by atoms with Crippen molar-refractivity contribution in [3.63, 3.8) is 0 Å². The van der Waals surface area contributed by atoms with E-state index in [1.807, 2.05) is 12.1 Å². The summed E-state index contributed by atoms with van der Waals surface area (Å²) in [5.74, 6) is 0. The molecule has 1 aromatic rings. The molecular weight excluding hydrogens is 246 g/mol. The number of benzene rings is 1. The van der Waals surface area contributed by atoms with Crippen molar-refractivity contribution in [1.29, 1.82) is 5.53 Å². The first-order valence-corrected chi connectivity index (χ1v) is 5.10. The van der Waals surface area contributed by atoms with E-state index in [4.69, 9.17) is 10.3 Å². The molecule has 1 aromatic carbocycles. The number of hydrogen-bond acceptors (Lipinski definition) is 4. The first kappa shape index (κ1) is 9.61. The van der Waals surface area contributed by atoms with Crippen LogP contribution in [0.1, 0.15) is 0 Å². The van der Waals surface area contributed by atoms with Gasteiger partial charge in [0, 0.05) is 4.47 Å². The molecule has 1 heterocycles. The van der Waals surface area contributed by atoms with E-state index in [2.05, 4.69) is 26.4 Å². The van der Waals surface area contributed by atoms with E-state index in [0.29, 0.717) is 11.7 Å². The van der Waals surface area contributed by atoms with Gasteiger partial charge >= 0.3 is 0 Å². The molecule has 0 saturated carbocycles. The molecule has 0 spiro atoms. The second kappa shape index (κ2) is 4.06. The third kappa shape index (κ3) is 1.93. The standard InChI is InChI=1S/C9H10BrN3O/c10-6-1-2-8(13-11)9(3-6)12-7-4-14-5-7/h1-3,7,11-12H,4-5H2. The van der Waals surface area contributed by atoms with Crippen LogP contribution in [0.3, 0.4) is 0 Å². The van der Waals surface area contributed by atoms with Crippen molar-refractivity contribution in [2.75, 3.05) is 18.5 Å². The van der Waals surface area contributed by atoms with Crippen molar-refractivity contribution in [2.45, 2.75) is 6.04 Å². The molecule has 1 saturated heterocycles. The summed E-state index contributed by atoms with van der Waals surface area (Å²) >= 11 is 3.38. The molecule has 14 heavy (non-hydrogen) atoms. The Morgan fingerprint density at radius 3 is 2.86 bits per heavy atom. The highest BCUT2D eigenvalue weighted by Crippen LogP contribution is 2.29. The quantitative estimate of drug-likeness (QED) is 0.817. The van der Waals surface area contributed by atoms with E-state index in [-0.39, 0.29) is 0 Å². The molecule has 5 heteroatoms. The third-order valence-electron chi connectivity index (χ3n) is 2.08. The lowest BCUT2D eigenvalue weighted by Gasteiger charge is -2.28. The lowest BCUT2D eigenvalue weighted by molar-refractivity contribution is 0.0211. The van der Waals surface area contributed by atoms with Gasteiger partial charge in [0.2, 0.25) is 0 Å². The van der Waals surface area contributed by atoms with Gasteiger partial charge in [0.05, 0.1) is 24.9 Å². The summed E-state index contributed by atoms with van der Waals surface area (Å²) in [4.78, 5) is 0. The molecule has 2 N–H and O–H groups in total. The van der Waals surface area contributed by atoms with Gasteiger partial charge in [-0.15, -0.1) is 0 Å². The fourth-order valence-corrected chi connectivity index (χ4v) is 1.62. The van der Waals surface area contributed by atoms with Crippen LogP contribution in [0.25, 0.3) is 0 Å². The van der Waals surface area contributed by atoms with Gasteiger partial charge in [-0.05, 0) is 18.2 Å². The van der Waals surface area contributed by atoms with Gasteiger partial charge in [0.15, 0.2) is 0 Å². The van der Waals surface area contributed by atoms with Gasteiger partial charge in [-0.1, -0.05) is 15.9 Å². The van der Waals surface area contributed by atoms with Crippen LogP contribution in [0.15, 0.2) is 27.8 Å². The summed E-state index contributed by atoms with van der Waals surface area (Å²) < 4.78 is 6.04. The predicted molar refractivity (Wildman–Crippen MR) is 57.2 cm³/mol. The lowest BCUT2D eigenvalue weighted by atomic mass is 10.2. The Kier molecular flexibility index (Phi) is 2.79. The zero-order valence-corrected chi connectivity index (χ0v) is 9.04. The van der Waals surface area contributed by atoms with Gasteiger partial charge in [-0.25, -0.2) is 5.53 Å². The minimum Gasteiger partial charge on any atom is -0.377 e. The van der Waals surface area contributed by atoms with Crippen molar-refractivity contribution < 1.29 is 4.74 Å². The van der Waals surface area contributed by atoms with Gasteiger partial charge in [0.25, 0.3) is 0 Å². The zero-order chi connectivity index (χ0) is 9.97. The molecule has 0 aromatic heterocycles. The fourth-order valence-electron chi connectivity index (χ4n) is 1.26. The Morgan fingerprint density at radius 1 is 1.50 bits per heavy atom. The third-order valence-corrected chi connectivity index (χ3v) is 2.57. The molecule has 0 radical (unpaired) electrons. The molecule has 2 rings (SSSR count). The SMILES string of the molecule is N=Nc1ccc(Br)cc1NC1COC1. The monoisotopic (exact) mass is 255 g/mol. The Bertz CT molecular complexity index is 352. The van der Waals surface area contributed by atoms with E-state index in [9.17, 15) is 0 Å².